The summed E-state index contributed by atoms with van der Waals surface area (Å²) in [5.74, 6) is -1.74. The zero-order valence-electron chi connectivity index (χ0n) is 14.1. The molecular weight excluding hydrogens is 391 g/mol. The molecule has 0 aliphatic rings. The summed E-state index contributed by atoms with van der Waals surface area (Å²) in [6.45, 7) is 1.28. The molecule has 2 aromatic rings. The highest BCUT2D eigenvalue weighted by Crippen LogP contribution is 2.34. The fraction of sp³-hybridized carbons (Fsp3) is 0.105. The molecule has 2 aromatic carbocycles. The second-order valence-corrected chi connectivity index (χ2v) is 6.30. The van der Waals surface area contributed by atoms with E-state index in [4.69, 9.17) is 33.0 Å². The normalized spacial score (nSPS) is 10.8. The number of anilines is 1. The Balaban J connectivity index is 2.25. The standard InChI is InChI=1S/C19H14Cl2N2O4/c1-11-3-2-4-14(5-11)23-19(26)13(9-22)6-12-7-15(20)18(16(21)8-12)27-10-17(24)25/h2-8H,10H2,1H3,(H,23,26)(H,24,25). The Hall–Kier alpha value is -3.01. The van der Waals surface area contributed by atoms with Gasteiger partial charge in [-0.15, -0.1) is 0 Å². The van der Waals surface area contributed by atoms with Crippen LogP contribution in [0.15, 0.2) is 42.0 Å². The van der Waals surface area contributed by atoms with E-state index >= 15 is 0 Å². The SMILES string of the molecule is Cc1cccc(NC(=O)C(C#N)=Cc2cc(Cl)c(OCC(=O)O)c(Cl)c2)c1. The van der Waals surface area contributed by atoms with E-state index in [1.165, 1.54) is 18.2 Å². The maximum Gasteiger partial charge on any atom is 0.341 e. The van der Waals surface area contributed by atoms with Gasteiger partial charge in [0.1, 0.15) is 11.6 Å². The Morgan fingerprint density at radius 3 is 2.48 bits per heavy atom. The van der Waals surface area contributed by atoms with E-state index < -0.39 is 18.5 Å². The zero-order chi connectivity index (χ0) is 20.0. The Labute approximate surface area is 165 Å². The molecular formula is C19H14Cl2N2O4. The number of ether oxygens (including phenoxy) is 1. The van der Waals surface area contributed by atoms with E-state index in [9.17, 15) is 14.9 Å². The van der Waals surface area contributed by atoms with Crippen molar-refractivity contribution < 1.29 is 19.4 Å². The number of aliphatic carboxylic acids is 1. The van der Waals surface area contributed by atoms with Crippen molar-refractivity contribution in [3.63, 3.8) is 0 Å². The number of carboxylic acid groups (broad SMARTS) is 1. The lowest BCUT2D eigenvalue weighted by atomic mass is 10.1. The second-order valence-electron chi connectivity index (χ2n) is 5.49. The second kappa shape index (κ2) is 9.08. The largest absolute Gasteiger partial charge is 0.479 e. The predicted octanol–water partition coefficient (Wildman–Crippen LogP) is 4.31. The van der Waals surface area contributed by atoms with Crippen molar-refractivity contribution in [2.24, 2.45) is 0 Å². The molecule has 8 heteroatoms. The van der Waals surface area contributed by atoms with Crippen molar-refractivity contribution in [1.29, 1.82) is 5.26 Å². The van der Waals surface area contributed by atoms with E-state index in [1.807, 2.05) is 19.1 Å². The third-order valence-corrected chi connectivity index (χ3v) is 3.87. The number of amides is 1. The minimum atomic E-state index is -1.18. The number of nitrogens with one attached hydrogen (secondary N) is 1. The van der Waals surface area contributed by atoms with Crippen molar-refractivity contribution >= 4 is 46.8 Å². The quantitative estimate of drug-likeness (QED) is 0.551. The van der Waals surface area contributed by atoms with E-state index in [2.05, 4.69) is 5.32 Å². The zero-order valence-corrected chi connectivity index (χ0v) is 15.6. The van der Waals surface area contributed by atoms with Gasteiger partial charge in [-0.1, -0.05) is 35.3 Å². The van der Waals surface area contributed by atoms with Crippen LogP contribution in [0.25, 0.3) is 6.08 Å². The Morgan fingerprint density at radius 1 is 1.26 bits per heavy atom. The first kappa shape index (κ1) is 20.3. The molecule has 0 saturated heterocycles. The molecule has 0 spiro atoms. The Kier molecular flexibility index (Phi) is 6.83. The van der Waals surface area contributed by atoms with Crippen molar-refractivity contribution in [1.82, 2.24) is 0 Å². The first-order valence-electron chi connectivity index (χ1n) is 7.63. The number of benzene rings is 2. The third-order valence-electron chi connectivity index (χ3n) is 3.31. The predicted molar refractivity (Wildman–Crippen MR) is 103 cm³/mol. The first-order chi connectivity index (χ1) is 12.8. The molecule has 0 aromatic heterocycles. The first-order valence-corrected chi connectivity index (χ1v) is 8.39. The maximum absolute atomic E-state index is 12.3. The van der Waals surface area contributed by atoms with Gasteiger partial charge in [-0.05, 0) is 48.4 Å². The summed E-state index contributed by atoms with van der Waals surface area (Å²) in [5, 5.41) is 20.7. The van der Waals surface area contributed by atoms with Gasteiger partial charge >= 0.3 is 5.97 Å². The van der Waals surface area contributed by atoms with E-state index in [0.717, 1.165) is 5.56 Å². The van der Waals surface area contributed by atoms with E-state index in [-0.39, 0.29) is 21.4 Å². The topological polar surface area (TPSA) is 99.4 Å². The molecule has 27 heavy (non-hydrogen) atoms. The van der Waals surface area contributed by atoms with E-state index in [1.54, 1.807) is 18.2 Å². The molecule has 0 saturated carbocycles. The van der Waals surface area contributed by atoms with Crippen LogP contribution in [0.3, 0.4) is 0 Å². The highest BCUT2D eigenvalue weighted by molar-refractivity contribution is 6.37. The van der Waals surface area contributed by atoms with Gasteiger partial charge in [0.2, 0.25) is 0 Å². The molecule has 0 fully saturated rings. The summed E-state index contributed by atoms with van der Waals surface area (Å²) in [6, 6.07) is 11.8. The molecule has 0 radical (unpaired) electrons. The fourth-order valence-corrected chi connectivity index (χ4v) is 2.78. The Morgan fingerprint density at radius 2 is 1.93 bits per heavy atom. The summed E-state index contributed by atoms with van der Waals surface area (Å²) in [4.78, 5) is 22.9. The molecule has 0 heterocycles. The van der Waals surface area contributed by atoms with Crippen molar-refractivity contribution in [2.75, 3.05) is 11.9 Å². The van der Waals surface area contributed by atoms with Gasteiger partial charge in [0, 0.05) is 5.69 Å². The summed E-state index contributed by atoms with van der Waals surface area (Å²) >= 11 is 12.1. The van der Waals surface area contributed by atoms with E-state index in [0.29, 0.717) is 11.3 Å². The maximum atomic E-state index is 12.3. The summed E-state index contributed by atoms with van der Waals surface area (Å²) in [7, 11) is 0. The number of nitrogens with zero attached hydrogens (tertiary/aromatic N) is 1. The van der Waals surface area contributed by atoms with Crippen molar-refractivity contribution in [3.8, 4) is 11.8 Å². The molecule has 0 unspecified atom stereocenters. The Bertz CT molecular complexity index is 941. The summed E-state index contributed by atoms with van der Waals surface area (Å²) in [6.07, 6.45) is 1.32. The van der Waals surface area contributed by atoms with Crippen molar-refractivity contribution in [2.45, 2.75) is 6.92 Å². The molecule has 0 atom stereocenters. The number of carbonyl (C=O) groups is 2. The van der Waals surface area contributed by atoms with Crippen LogP contribution in [0.2, 0.25) is 10.0 Å². The number of carbonyl (C=O) groups excluding carboxylic acids is 1. The molecule has 0 aliphatic carbocycles. The minimum Gasteiger partial charge on any atom is -0.479 e. The average molecular weight is 405 g/mol. The minimum absolute atomic E-state index is 0.0144. The molecule has 6 nitrogen and oxygen atoms in total. The van der Waals surface area contributed by atoms with Crippen LogP contribution in [0.4, 0.5) is 5.69 Å². The van der Waals surface area contributed by atoms with Crippen molar-refractivity contribution in [3.05, 3.63) is 63.1 Å². The number of hydrogen-bond donors (Lipinski definition) is 2. The molecule has 1 amide bonds. The molecule has 0 aliphatic heterocycles. The summed E-state index contributed by atoms with van der Waals surface area (Å²) in [5.41, 5.74) is 1.77. The van der Waals surface area contributed by atoms with Crippen LogP contribution in [0.5, 0.6) is 5.75 Å². The van der Waals surface area contributed by atoms with Crippen LogP contribution >= 0.6 is 23.2 Å². The van der Waals surface area contributed by atoms with Gasteiger partial charge in [-0.2, -0.15) is 5.26 Å². The lowest BCUT2D eigenvalue weighted by molar-refractivity contribution is -0.139. The number of nitriles is 1. The number of carboxylic acids is 1. The van der Waals surface area contributed by atoms with Gasteiger partial charge in [-0.25, -0.2) is 4.79 Å². The molecule has 0 bridgehead atoms. The van der Waals surface area contributed by atoms with Crippen LogP contribution in [0.1, 0.15) is 11.1 Å². The summed E-state index contributed by atoms with van der Waals surface area (Å²) < 4.78 is 5.02. The van der Waals surface area contributed by atoms with Crippen LogP contribution in [-0.4, -0.2) is 23.6 Å². The monoisotopic (exact) mass is 404 g/mol. The average Bonchev–Trinajstić information content (AvgIpc) is 2.58. The number of rotatable bonds is 6. The number of aryl methyl sites for hydroxylation is 1. The van der Waals surface area contributed by atoms with Crippen LogP contribution in [0, 0.1) is 18.3 Å². The van der Waals surface area contributed by atoms with Gasteiger partial charge in [0.15, 0.2) is 12.4 Å². The molecule has 2 rings (SSSR count). The fourth-order valence-electron chi connectivity index (χ4n) is 2.17. The number of hydrogen-bond acceptors (Lipinski definition) is 4. The molecule has 2 N–H and O–H groups in total. The smallest absolute Gasteiger partial charge is 0.341 e. The highest BCUT2D eigenvalue weighted by Gasteiger charge is 2.14. The molecule has 138 valence electrons. The van der Waals surface area contributed by atoms with Crippen LogP contribution < -0.4 is 10.1 Å². The third kappa shape index (κ3) is 5.74. The number of halogens is 2. The van der Waals surface area contributed by atoms with Gasteiger partial charge in [0.25, 0.3) is 5.91 Å². The van der Waals surface area contributed by atoms with Gasteiger partial charge in [0.05, 0.1) is 10.0 Å². The van der Waals surface area contributed by atoms with Gasteiger partial charge < -0.3 is 15.2 Å². The lowest BCUT2D eigenvalue weighted by Crippen LogP contribution is -2.13. The van der Waals surface area contributed by atoms with Gasteiger partial charge in [-0.3, -0.25) is 4.79 Å². The highest BCUT2D eigenvalue weighted by atomic mass is 35.5. The van der Waals surface area contributed by atoms with Crippen LogP contribution in [-0.2, 0) is 9.59 Å². The lowest BCUT2D eigenvalue weighted by Gasteiger charge is -2.09.